The average molecular weight is 266 g/mol. The molecule has 1 aromatic rings. The van der Waals surface area contributed by atoms with E-state index in [2.05, 4.69) is 20.6 Å². The van der Waals surface area contributed by atoms with Crippen molar-refractivity contribution in [2.24, 2.45) is 5.92 Å². The Hall–Kier alpha value is -1.40. The van der Waals surface area contributed by atoms with Crippen molar-refractivity contribution in [3.63, 3.8) is 0 Å². The van der Waals surface area contributed by atoms with E-state index < -0.39 is 0 Å². The lowest BCUT2D eigenvalue weighted by molar-refractivity contribution is 0.178. The van der Waals surface area contributed by atoms with Gasteiger partial charge < -0.3 is 20.5 Å². The van der Waals surface area contributed by atoms with E-state index in [-0.39, 0.29) is 6.10 Å². The van der Waals surface area contributed by atoms with Crippen LogP contribution in [-0.2, 0) is 11.3 Å². The molecule has 1 heterocycles. The van der Waals surface area contributed by atoms with Gasteiger partial charge in [0, 0.05) is 26.8 Å². The quantitative estimate of drug-likeness (QED) is 0.719. The van der Waals surface area contributed by atoms with Crippen molar-refractivity contribution in [3.05, 3.63) is 11.9 Å². The summed E-state index contributed by atoms with van der Waals surface area (Å²) in [5.41, 5.74) is 0. The predicted octanol–water partition coefficient (Wildman–Crippen LogP) is 1.24. The Balaban J connectivity index is 1.96. The molecule has 106 valence electrons. The zero-order valence-electron chi connectivity index (χ0n) is 11.5. The van der Waals surface area contributed by atoms with E-state index in [9.17, 15) is 5.11 Å². The highest BCUT2D eigenvalue weighted by atomic mass is 16.5. The second-order valence-electron chi connectivity index (χ2n) is 4.95. The van der Waals surface area contributed by atoms with Crippen LogP contribution in [0.3, 0.4) is 0 Å². The van der Waals surface area contributed by atoms with Crippen molar-refractivity contribution in [3.8, 4) is 0 Å². The van der Waals surface area contributed by atoms with Gasteiger partial charge in [-0.2, -0.15) is 0 Å². The number of nitrogens with zero attached hydrogens (tertiary/aromatic N) is 2. The smallest absolute Gasteiger partial charge is 0.158 e. The molecule has 1 fully saturated rings. The normalized spacial score (nSPS) is 22.5. The van der Waals surface area contributed by atoms with Gasteiger partial charge in [0.25, 0.3) is 0 Å². The molecule has 6 heteroatoms. The minimum absolute atomic E-state index is 0.130. The first-order chi connectivity index (χ1) is 9.21. The molecule has 0 radical (unpaired) electrons. The number of hydrogen-bond acceptors (Lipinski definition) is 6. The van der Waals surface area contributed by atoms with Gasteiger partial charge in [-0.05, 0) is 25.2 Å². The Morgan fingerprint density at radius 2 is 2.16 bits per heavy atom. The number of aromatic nitrogens is 2. The van der Waals surface area contributed by atoms with E-state index in [4.69, 9.17) is 4.74 Å². The molecule has 2 atom stereocenters. The monoisotopic (exact) mass is 266 g/mol. The lowest BCUT2D eigenvalue weighted by atomic mass is 10.1. The average Bonchev–Trinajstić information content (AvgIpc) is 2.82. The van der Waals surface area contributed by atoms with Crippen molar-refractivity contribution < 1.29 is 9.84 Å². The summed E-state index contributed by atoms with van der Waals surface area (Å²) in [5, 5.41) is 15.9. The molecule has 1 aliphatic carbocycles. The second-order valence-corrected chi connectivity index (χ2v) is 4.95. The Labute approximate surface area is 113 Å². The number of ether oxygens (including phenoxy) is 1. The van der Waals surface area contributed by atoms with Crippen molar-refractivity contribution in [1.82, 2.24) is 9.97 Å². The van der Waals surface area contributed by atoms with Crippen LogP contribution >= 0.6 is 0 Å². The van der Waals surface area contributed by atoms with Gasteiger partial charge in [-0.25, -0.2) is 9.97 Å². The van der Waals surface area contributed by atoms with Crippen LogP contribution in [0.5, 0.6) is 0 Å². The highest BCUT2D eigenvalue weighted by Gasteiger charge is 2.22. The van der Waals surface area contributed by atoms with Gasteiger partial charge in [0.1, 0.15) is 18.2 Å². The fourth-order valence-electron chi connectivity index (χ4n) is 2.39. The van der Waals surface area contributed by atoms with Crippen LogP contribution in [0.1, 0.15) is 25.1 Å². The fourth-order valence-corrected chi connectivity index (χ4v) is 2.39. The number of aliphatic hydroxyl groups is 1. The number of aliphatic hydroxyl groups excluding tert-OH is 1. The maximum absolute atomic E-state index is 9.51. The predicted molar refractivity (Wildman–Crippen MR) is 74.1 cm³/mol. The number of rotatable bonds is 6. The standard InChI is InChI=1S/C13H22N4O2/c1-14-11-6-12(17-13(16-11)8-19-2)15-7-9-3-4-10(18)5-9/h6,9-10,18H,3-5,7-8H2,1-2H3,(H2,14,15,16,17). The molecule has 2 rings (SSSR count). The number of methoxy groups -OCH3 is 1. The molecule has 1 saturated carbocycles. The summed E-state index contributed by atoms with van der Waals surface area (Å²) in [6.07, 6.45) is 2.73. The first kappa shape index (κ1) is 14.0. The van der Waals surface area contributed by atoms with Gasteiger partial charge in [0.2, 0.25) is 0 Å². The molecule has 1 aromatic heterocycles. The van der Waals surface area contributed by atoms with Gasteiger partial charge in [-0.3, -0.25) is 0 Å². The third-order valence-corrected chi connectivity index (χ3v) is 3.39. The van der Waals surface area contributed by atoms with Crippen molar-refractivity contribution >= 4 is 11.6 Å². The molecular weight excluding hydrogens is 244 g/mol. The first-order valence-corrected chi connectivity index (χ1v) is 6.68. The lowest BCUT2D eigenvalue weighted by Crippen LogP contribution is -2.14. The van der Waals surface area contributed by atoms with Crippen LogP contribution in [0.15, 0.2) is 6.07 Å². The fraction of sp³-hybridized carbons (Fsp3) is 0.692. The molecule has 2 unspecified atom stereocenters. The van der Waals surface area contributed by atoms with Gasteiger partial charge in [-0.1, -0.05) is 0 Å². The summed E-state index contributed by atoms with van der Waals surface area (Å²) in [7, 11) is 3.46. The Morgan fingerprint density at radius 3 is 2.79 bits per heavy atom. The molecule has 0 spiro atoms. The molecule has 1 aliphatic rings. The van der Waals surface area contributed by atoms with E-state index >= 15 is 0 Å². The maximum atomic E-state index is 9.51. The van der Waals surface area contributed by atoms with Crippen molar-refractivity contribution in [2.45, 2.75) is 32.0 Å². The van der Waals surface area contributed by atoms with Gasteiger partial charge in [0.15, 0.2) is 5.82 Å². The lowest BCUT2D eigenvalue weighted by Gasteiger charge is -2.13. The van der Waals surface area contributed by atoms with Gasteiger partial charge >= 0.3 is 0 Å². The van der Waals surface area contributed by atoms with Gasteiger partial charge in [0.05, 0.1) is 6.10 Å². The molecule has 3 N–H and O–H groups in total. The summed E-state index contributed by atoms with van der Waals surface area (Å²) in [4.78, 5) is 8.71. The van der Waals surface area contributed by atoms with Crippen molar-refractivity contribution in [2.75, 3.05) is 31.3 Å². The third-order valence-electron chi connectivity index (χ3n) is 3.39. The molecule has 0 saturated heterocycles. The van der Waals surface area contributed by atoms with Crippen LogP contribution in [0.4, 0.5) is 11.6 Å². The highest BCUT2D eigenvalue weighted by Crippen LogP contribution is 2.25. The van der Waals surface area contributed by atoms with E-state index in [1.807, 2.05) is 13.1 Å². The molecule has 0 bridgehead atoms. The summed E-state index contributed by atoms with van der Waals surface area (Å²) < 4.78 is 5.06. The molecule has 6 nitrogen and oxygen atoms in total. The summed E-state index contributed by atoms with van der Waals surface area (Å²) in [6, 6.07) is 1.88. The minimum Gasteiger partial charge on any atom is -0.393 e. The second kappa shape index (κ2) is 6.68. The molecule has 0 amide bonds. The van der Waals surface area contributed by atoms with E-state index in [0.29, 0.717) is 18.3 Å². The van der Waals surface area contributed by atoms with Crippen molar-refractivity contribution in [1.29, 1.82) is 0 Å². The number of anilines is 2. The molecule has 19 heavy (non-hydrogen) atoms. The van der Waals surface area contributed by atoms with E-state index in [1.54, 1.807) is 7.11 Å². The van der Waals surface area contributed by atoms with Crippen LogP contribution in [0, 0.1) is 5.92 Å². The zero-order valence-corrected chi connectivity index (χ0v) is 11.5. The minimum atomic E-state index is -0.130. The van der Waals surface area contributed by atoms with E-state index in [0.717, 1.165) is 37.4 Å². The zero-order chi connectivity index (χ0) is 13.7. The Morgan fingerprint density at radius 1 is 1.37 bits per heavy atom. The summed E-state index contributed by atoms with van der Waals surface area (Å²) in [5.74, 6) is 2.75. The topological polar surface area (TPSA) is 79.3 Å². The largest absolute Gasteiger partial charge is 0.393 e. The van der Waals surface area contributed by atoms with Crippen LogP contribution in [0.2, 0.25) is 0 Å². The van der Waals surface area contributed by atoms with E-state index in [1.165, 1.54) is 0 Å². The number of nitrogens with one attached hydrogen (secondary N) is 2. The highest BCUT2D eigenvalue weighted by molar-refractivity contribution is 5.47. The van der Waals surface area contributed by atoms with Crippen LogP contribution < -0.4 is 10.6 Å². The number of hydrogen-bond donors (Lipinski definition) is 3. The first-order valence-electron chi connectivity index (χ1n) is 6.68. The third kappa shape index (κ3) is 4.04. The summed E-state index contributed by atoms with van der Waals surface area (Å²) in [6.45, 7) is 1.23. The van der Waals surface area contributed by atoms with Crippen LogP contribution in [0.25, 0.3) is 0 Å². The molecule has 0 aromatic carbocycles. The van der Waals surface area contributed by atoms with Crippen LogP contribution in [-0.4, -0.2) is 41.9 Å². The molecular formula is C13H22N4O2. The SMILES string of the molecule is CNc1cc(NCC2CCC(O)C2)nc(COC)n1. The summed E-state index contributed by atoms with van der Waals surface area (Å²) >= 11 is 0. The molecule has 0 aliphatic heterocycles. The Bertz CT molecular complexity index is 414. The van der Waals surface area contributed by atoms with Gasteiger partial charge in [-0.15, -0.1) is 0 Å². The maximum Gasteiger partial charge on any atom is 0.158 e. The Kier molecular flexibility index (Phi) is 4.93.